The van der Waals surface area contributed by atoms with Crippen LogP contribution in [0, 0.1) is 0 Å². The third kappa shape index (κ3) is 2.15. The van der Waals surface area contributed by atoms with Gasteiger partial charge < -0.3 is 0 Å². The molecule has 0 atom stereocenters. The maximum atomic E-state index is 12.8. The third-order valence-electron chi connectivity index (χ3n) is 3.45. The lowest BCUT2D eigenvalue weighted by molar-refractivity contribution is 0.104. The Hall–Kier alpha value is -1.64. The largest absolute Gasteiger partial charge is 0.288 e. The minimum atomic E-state index is 0.0877. The summed E-state index contributed by atoms with van der Waals surface area (Å²) in [4.78, 5) is 13.6. The van der Waals surface area contributed by atoms with Gasteiger partial charge in [0.25, 0.3) is 0 Å². The van der Waals surface area contributed by atoms with Crippen molar-refractivity contribution in [1.82, 2.24) is 0 Å². The summed E-state index contributed by atoms with van der Waals surface area (Å²) in [5.74, 6) is 0.0877. The van der Waals surface area contributed by atoms with Crippen molar-refractivity contribution in [2.45, 2.75) is 13.3 Å². The Morgan fingerprint density at radius 1 is 1.10 bits per heavy atom. The molecule has 3 aromatic rings. The topological polar surface area (TPSA) is 17.1 Å². The van der Waals surface area contributed by atoms with Gasteiger partial charge in [-0.1, -0.05) is 42.8 Å². The number of hydrogen-bond donors (Lipinski definition) is 0. The fraction of sp³-hybridized carbons (Fsp3) is 0.118. The van der Waals surface area contributed by atoms with Crippen LogP contribution in [0.1, 0.15) is 27.7 Å². The average molecular weight is 301 g/mol. The number of aryl methyl sites for hydroxylation is 1. The number of carbonyl (C=O) groups is 1. The van der Waals surface area contributed by atoms with Crippen molar-refractivity contribution < 1.29 is 4.79 Å². The van der Waals surface area contributed by atoms with E-state index >= 15 is 0 Å². The molecule has 1 nitrogen and oxygen atoms in total. The highest BCUT2D eigenvalue weighted by Crippen LogP contribution is 2.30. The first-order valence-corrected chi connectivity index (χ1v) is 7.76. The molecule has 0 unspecified atom stereocenters. The molecular formula is C17H13ClOS. The number of halogens is 1. The molecule has 100 valence electrons. The van der Waals surface area contributed by atoms with Crippen LogP contribution in [-0.4, -0.2) is 5.78 Å². The molecule has 3 heteroatoms. The van der Waals surface area contributed by atoms with Crippen LogP contribution in [0.15, 0.2) is 47.8 Å². The van der Waals surface area contributed by atoms with Gasteiger partial charge in [-0.2, -0.15) is 0 Å². The molecule has 2 aromatic carbocycles. The Bertz CT molecular complexity index is 789. The Labute approximate surface area is 126 Å². The Balaban J connectivity index is 2.20. The minimum Gasteiger partial charge on any atom is -0.288 e. The van der Waals surface area contributed by atoms with Gasteiger partial charge in [-0.05, 0) is 40.9 Å². The monoisotopic (exact) mass is 300 g/mol. The lowest BCUT2D eigenvalue weighted by atomic mass is 9.99. The summed E-state index contributed by atoms with van der Waals surface area (Å²) in [6.07, 6.45) is 0.871. The summed E-state index contributed by atoms with van der Waals surface area (Å²) < 4.78 is 0. The first-order valence-electron chi connectivity index (χ1n) is 6.50. The van der Waals surface area contributed by atoms with E-state index in [0.29, 0.717) is 5.02 Å². The molecule has 0 fully saturated rings. The first-order chi connectivity index (χ1) is 9.72. The van der Waals surface area contributed by atoms with E-state index in [1.807, 2.05) is 41.8 Å². The highest BCUT2D eigenvalue weighted by Gasteiger charge is 2.17. The van der Waals surface area contributed by atoms with Gasteiger partial charge in [-0.15, -0.1) is 11.3 Å². The predicted octanol–water partition coefficient (Wildman–Crippen LogP) is 5.35. The molecule has 0 aliphatic rings. The van der Waals surface area contributed by atoms with E-state index in [4.69, 9.17) is 11.6 Å². The smallest absolute Gasteiger partial charge is 0.203 e. The second kappa shape index (κ2) is 5.39. The molecule has 0 N–H and O–H groups in total. The van der Waals surface area contributed by atoms with E-state index in [0.717, 1.165) is 33.2 Å². The highest BCUT2D eigenvalue weighted by molar-refractivity contribution is 7.12. The Morgan fingerprint density at radius 2 is 1.85 bits per heavy atom. The summed E-state index contributed by atoms with van der Waals surface area (Å²) in [5, 5.41) is 4.50. The van der Waals surface area contributed by atoms with Crippen LogP contribution in [0.4, 0.5) is 0 Å². The van der Waals surface area contributed by atoms with Gasteiger partial charge in [0, 0.05) is 16.0 Å². The number of rotatable bonds is 3. The molecule has 0 aliphatic carbocycles. The van der Waals surface area contributed by atoms with E-state index in [9.17, 15) is 4.79 Å². The van der Waals surface area contributed by atoms with Gasteiger partial charge in [0.15, 0.2) is 0 Å². The zero-order chi connectivity index (χ0) is 14.1. The number of carbonyl (C=O) groups excluding carboxylic acids is 1. The number of ketones is 1. The zero-order valence-electron chi connectivity index (χ0n) is 11.0. The van der Waals surface area contributed by atoms with Crippen LogP contribution in [-0.2, 0) is 6.42 Å². The summed E-state index contributed by atoms with van der Waals surface area (Å²) in [6, 6.07) is 13.4. The molecule has 0 saturated heterocycles. The summed E-state index contributed by atoms with van der Waals surface area (Å²) in [5.41, 5.74) is 1.83. The van der Waals surface area contributed by atoms with Gasteiger partial charge in [-0.3, -0.25) is 4.79 Å². The normalized spacial score (nSPS) is 10.9. The predicted molar refractivity (Wildman–Crippen MR) is 86.1 cm³/mol. The lowest BCUT2D eigenvalue weighted by Crippen LogP contribution is -2.02. The van der Waals surface area contributed by atoms with Gasteiger partial charge in [0.05, 0.1) is 4.88 Å². The van der Waals surface area contributed by atoms with Crippen molar-refractivity contribution in [3.63, 3.8) is 0 Å². The third-order valence-corrected chi connectivity index (χ3v) is 4.73. The standard InChI is InChI=1S/C17H13ClOS/c1-2-11-9-10-20-17(11)16(19)14-7-8-15(18)13-6-4-3-5-12(13)14/h3-10H,2H2,1H3. The van der Waals surface area contributed by atoms with Gasteiger partial charge in [-0.25, -0.2) is 0 Å². The van der Waals surface area contributed by atoms with Crippen LogP contribution < -0.4 is 0 Å². The summed E-state index contributed by atoms with van der Waals surface area (Å²) in [7, 11) is 0. The number of thiophene rings is 1. The van der Waals surface area contributed by atoms with Crippen molar-refractivity contribution >= 4 is 39.5 Å². The second-order valence-electron chi connectivity index (χ2n) is 4.60. The minimum absolute atomic E-state index is 0.0877. The molecule has 1 heterocycles. The van der Waals surface area contributed by atoms with Crippen LogP contribution in [0.3, 0.4) is 0 Å². The molecule has 0 spiro atoms. The van der Waals surface area contributed by atoms with Crippen LogP contribution in [0.2, 0.25) is 5.02 Å². The van der Waals surface area contributed by atoms with E-state index in [1.54, 1.807) is 6.07 Å². The molecule has 1 aromatic heterocycles. The molecule has 20 heavy (non-hydrogen) atoms. The lowest BCUT2D eigenvalue weighted by Gasteiger charge is -2.07. The van der Waals surface area contributed by atoms with Crippen molar-refractivity contribution in [2.24, 2.45) is 0 Å². The van der Waals surface area contributed by atoms with Crippen LogP contribution in [0.5, 0.6) is 0 Å². The molecule has 0 amide bonds. The fourth-order valence-electron chi connectivity index (χ4n) is 2.40. The molecule has 0 bridgehead atoms. The SMILES string of the molecule is CCc1ccsc1C(=O)c1ccc(Cl)c2ccccc12. The van der Waals surface area contributed by atoms with Crippen molar-refractivity contribution in [2.75, 3.05) is 0 Å². The molecule has 3 rings (SSSR count). The second-order valence-corrected chi connectivity index (χ2v) is 5.92. The molecule has 0 aliphatic heterocycles. The van der Waals surface area contributed by atoms with Crippen molar-refractivity contribution in [3.05, 3.63) is 68.9 Å². The molecule has 0 saturated carbocycles. The van der Waals surface area contributed by atoms with Crippen molar-refractivity contribution in [1.29, 1.82) is 0 Å². The van der Waals surface area contributed by atoms with E-state index < -0.39 is 0 Å². The van der Waals surface area contributed by atoms with E-state index in [1.165, 1.54) is 11.3 Å². The van der Waals surface area contributed by atoms with Crippen LogP contribution >= 0.6 is 22.9 Å². The Morgan fingerprint density at radius 3 is 2.60 bits per heavy atom. The van der Waals surface area contributed by atoms with Crippen molar-refractivity contribution in [3.8, 4) is 0 Å². The number of hydrogen-bond acceptors (Lipinski definition) is 2. The van der Waals surface area contributed by atoms with E-state index in [-0.39, 0.29) is 5.78 Å². The molecule has 0 radical (unpaired) electrons. The maximum absolute atomic E-state index is 12.8. The fourth-order valence-corrected chi connectivity index (χ4v) is 3.57. The van der Waals surface area contributed by atoms with Crippen LogP contribution in [0.25, 0.3) is 10.8 Å². The quantitative estimate of drug-likeness (QED) is 0.596. The van der Waals surface area contributed by atoms with Gasteiger partial charge in [0.1, 0.15) is 0 Å². The van der Waals surface area contributed by atoms with Gasteiger partial charge >= 0.3 is 0 Å². The van der Waals surface area contributed by atoms with Gasteiger partial charge in [0.2, 0.25) is 5.78 Å². The number of fused-ring (bicyclic) bond motifs is 1. The highest BCUT2D eigenvalue weighted by atomic mass is 35.5. The molecular weight excluding hydrogens is 288 g/mol. The maximum Gasteiger partial charge on any atom is 0.203 e. The summed E-state index contributed by atoms with van der Waals surface area (Å²) >= 11 is 7.72. The summed E-state index contributed by atoms with van der Waals surface area (Å²) in [6.45, 7) is 2.07. The van der Waals surface area contributed by atoms with E-state index in [2.05, 4.69) is 6.92 Å². The Kier molecular flexibility index (Phi) is 3.60. The zero-order valence-corrected chi connectivity index (χ0v) is 12.6. The first kappa shape index (κ1) is 13.3. The average Bonchev–Trinajstić information content (AvgIpc) is 2.96. The number of benzene rings is 2.